The van der Waals surface area contributed by atoms with E-state index < -0.39 is 0 Å². The predicted molar refractivity (Wildman–Crippen MR) is 137 cm³/mol. The number of aromatic nitrogens is 7. The summed E-state index contributed by atoms with van der Waals surface area (Å²) in [5.41, 5.74) is 7.22. The molecule has 0 fully saturated rings. The van der Waals surface area contributed by atoms with Crippen molar-refractivity contribution in [2.75, 3.05) is 5.32 Å². The van der Waals surface area contributed by atoms with E-state index in [1.54, 1.807) is 36.1 Å². The van der Waals surface area contributed by atoms with E-state index in [0.29, 0.717) is 29.3 Å². The summed E-state index contributed by atoms with van der Waals surface area (Å²) >= 11 is 1.62. The van der Waals surface area contributed by atoms with Crippen LogP contribution >= 0.6 is 11.3 Å². The van der Waals surface area contributed by atoms with E-state index in [1.165, 1.54) is 0 Å². The van der Waals surface area contributed by atoms with Crippen LogP contribution in [-0.4, -0.2) is 41.0 Å². The lowest BCUT2D eigenvalue weighted by Crippen LogP contribution is -2.10. The number of rotatable bonds is 6. The molecule has 0 aromatic carbocycles. The largest absolute Gasteiger partial charge is 0.336 e. The van der Waals surface area contributed by atoms with Gasteiger partial charge in [-0.3, -0.25) is 19.9 Å². The smallest absolute Gasteiger partial charge is 0.224 e. The number of fused-ring (bicyclic) bond motifs is 2. The van der Waals surface area contributed by atoms with Crippen LogP contribution in [0.3, 0.4) is 0 Å². The summed E-state index contributed by atoms with van der Waals surface area (Å²) in [7, 11) is 0. The molecule has 35 heavy (non-hydrogen) atoms. The number of hydrogen-bond acceptors (Lipinski definition) is 7. The number of thiophene rings is 1. The highest BCUT2D eigenvalue weighted by Gasteiger charge is 2.17. The zero-order chi connectivity index (χ0) is 23.8. The monoisotopic (exact) mass is 480 g/mol. The Labute approximate surface area is 203 Å². The van der Waals surface area contributed by atoms with Crippen molar-refractivity contribution < 1.29 is 4.79 Å². The van der Waals surface area contributed by atoms with Gasteiger partial charge in [0.2, 0.25) is 5.91 Å². The molecule has 0 spiro atoms. The summed E-state index contributed by atoms with van der Waals surface area (Å²) in [4.78, 5) is 33.6. The molecule has 0 aliphatic heterocycles. The number of hydrogen-bond donors (Lipinski definition) is 3. The molecular formula is C25H20N8OS. The Bertz CT molecular complexity index is 1670. The van der Waals surface area contributed by atoms with E-state index in [0.717, 1.165) is 45.2 Å². The minimum absolute atomic E-state index is 0.0293. The fourth-order valence-corrected chi connectivity index (χ4v) is 4.66. The Morgan fingerprint density at radius 1 is 1.06 bits per heavy atom. The van der Waals surface area contributed by atoms with Gasteiger partial charge in [-0.1, -0.05) is 6.92 Å². The van der Waals surface area contributed by atoms with Gasteiger partial charge >= 0.3 is 0 Å². The van der Waals surface area contributed by atoms with Crippen LogP contribution in [0.25, 0.3) is 56.0 Å². The molecule has 6 heterocycles. The van der Waals surface area contributed by atoms with Crippen LogP contribution in [0.15, 0.2) is 59.8 Å². The van der Waals surface area contributed by atoms with Gasteiger partial charge < -0.3 is 10.3 Å². The average molecular weight is 481 g/mol. The normalized spacial score (nSPS) is 11.3. The molecule has 0 atom stereocenters. The number of nitrogens with zero attached hydrogens (tertiary/aromatic N) is 5. The van der Waals surface area contributed by atoms with Crippen LogP contribution < -0.4 is 5.32 Å². The molecule has 0 bridgehead atoms. The molecule has 1 amide bonds. The summed E-state index contributed by atoms with van der Waals surface area (Å²) in [6.45, 7) is 1.97. The highest BCUT2D eigenvalue weighted by atomic mass is 32.1. The van der Waals surface area contributed by atoms with Crippen LogP contribution in [0.5, 0.6) is 0 Å². The molecule has 6 rings (SSSR count). The van der Waals surface area contributed by atoms with E-state index in [1.807, 2.05) is 36.6 Å². The summed E-state index contributed by atoms with van der Waals surface area (Å²) in [5, 5.41) is 15.3. The maximum Gasteiger partial charge on any atom is 0.224 e. The van der Waals surface area contributed by atoms with E-state index >= 15 is 0 Å². The van der Waals surface area contributed by atoms with Gasteiger partial charge in [0, 0.05) is 47.1 Å². The van der Waals surface area contributed by atoms with Gasteiger partial charge in [-0.25, -0.2) is 9.97 Å². The van der Waals surface area contributed by atoms with Gasteiger partial charge in [-0.2, -0.15) is 16.4 Å². The SMILES string of the molecule is CCCC(=O)Nc1cncc(-c2cnc3[nH]nc(-c4nc5c(-c6ccsc6)nccc5[nH]4)c3c2)c1. The van der Waals surface area contributed by atoms with E-state index in [2.05, 4.69) is 40.8 Å². The van der Waals surface area contributed by atoms with Crippen LogP contribution in [0.2, 0.25) is 0 Å². The zero-order valence-electron chi connectivity index (χ0n) is 18.7. The fourth-order valence-electron chi connectivity index (χ4n) is 4.02. The first-order valence-electron chi connectivity index (χ1n) is 11.2. The van der Waals surface area contributed by atoms with Crippen LogP contribution in [0.1, 0.15) is 19.8 Å². The second-order valence-electron chi connectivity index (χ2n) is 8.11. The van der Waals surface area contributed by atoms with Crippen molar-refractivity contribution in [2.24, 2.45) is 0 Å². The predicted octanol–water partition coefficient (Wildman–Crippen LogP) is 5.43. The Kier molecular flexibility index (Phi) is 5.27. The zero-order valence-corrected chi connectivity index (χ0v) is 19.6. The molecule has 0 unspecified atom stereocenters. The number of carbonyl (C=O) groups is 1. The number of pyridine rings is 3. The number of nitrogens with one attached hydrogen (secondary N) is 3. The fraction of sp³-hybridized carbons (Fsp3) is 0.120. The third-order valence-corrected chi connectivity index (χ3v) is 6.35. The van der Waals surface area contributed by atoms with Crippen molar-refractivity contribution in [3.05, 3.63) is 59.8 Å². The number of anilines is 1. The van der Waals surface area contributed by atoms with Gasteiger partial charge in [-0.05, 0) is 36.1 Å². The first-order chi connectivity index (χ1) is 17.2. The molecule has 9 nitrogen and oxygen atoms in total. The molecular weight excluding hydrogens is 460 g/mol. The van der Waals surface area contributed by atoms with Gasteiger partial charge in [0.25, 0.3) is 0 Å². The van der Waals surface area contributed by atoms with Crippen molar-refractivity contribution in [1.82, 2.24) is 35.1 Å². The quantitative estimate of drug-likeness (QED) is 0.292. The lowest BCUT2D eigenvalue weighted by molar-refractivity contribution is -0.116. The Hall–Kier alpha value is -4.44. The van der Waals surface area contributed by atoms with E-state index in [-0.39, 0.29) is 5.91 Å². The number of aromatic amines is 2. The van der Waals surface area contributed by atoms with Gasteiger partial charge in [0.15, 0.2) is 11.5 Å². The molecule has 0 saturated heterocycles. The Balaban J connectivity index is 1.40. The molecule has 0 radical (unpaired) electrons. The summed E-state index contributed by atoms with van der Waals surface area (Å²) in [6, 6.07) is 7.84. The average Bonchev–Trinajstić information content (AvgIpc) is 3.63. The maximum absolute atomic E-state index is 12.0. The summed E-state index contributed by atoms with van der Waals surface area (Å²) < 4.78 is 0. The van der Waals surface area contributed by atoms with Crippen molar-refractivity contribution in [3.63, 3.8) is 0 Å². The second kappa shape index (κ2) is 8.73. The van der Waals surface area contributed by atoms with Crippen LogP contribution in [0, 0.1) is 0 Å². The topological polar surface area (TPSA) is 125 Å². The standard InChI is InChI=1S/C25H20N8OS/c1-2-3-20(34)29-17-8-15(10-26-12-17)16-9-18-22(32-33-24(18)28-11-16)25-30-19-4-6-27-21(23(19)31-25)14-5-7-35-13-14/h4-13H,2-3H2,1H3,(H,29,34)(H,30,31)(H,28,32,33). The van der Waals surface area contributed by atoms with Crippen LogP contribution in [0.4, 0.5) is 5.69 Å². The molecule has 0 aliphatic rings. The Morgan fingerprint density at radius 2 is 1.97 bits per heavy atom. The highest BCUT2D eigenvalue weighted by molar-refractivity contribution is 7.08. The maximum atomic E-state index is 12.0. The minimum Gasteiger partial charge on any atom is -0.336 e. The molecule has 0 aliphatic carbocycles. The third kappa shape index (κ3) is 3.93. The first kappa shape index (κ1) is 21.1. The molecule has 0 saturated carbocycles. The third-order valence-electron chi connectivity index (χ3n) is 5.67. The van der Waals surface area contributed by atoms with Gasteiger partial charge in [0.1, 0.15) is 11.2 Å². The summed E-state index contributed by atoms with van der Waals surface area (Å²) in [6.07, 6.45) is 8.18. The van der Waals surface area contributed by atoms with E-state index in [9.17, 15) is 4.79 Å². The Morgan fingerprint density at radius 3 is 2.83 bits per heavy atom. The lowest BCUT2D eigenvalue weighted by atomic mass is 10.1. The number of H-pyrrole nitrogens is 2. The van der Waals surface area contributed by atoms with Crippen molar-refractivity contribution >= 4 is 45.0 Å². The molecule has 3 N–H and O–H groups in total. The molecule has 172 valence electrons. The lowest BCUT2D eigenvalue weighted by Gasteiger charge is -2.07. The van der Waals surface area contributed by atoms with Crippen molar-refractivity contribution in [2.45, 2.75) is 19.8 Å². The number of amides is 1. The summed E-state index contributed by atoms with van der Waals surface area (Å²) in [5.74, 6) is 0.603. The molecule has 6 aromatic heterocycles. The second-order valence-corrected chi connectivity index (χ2v) is 8.89. The minimum atomic E-state index is -0.0293. The van der Waals surface area contributed by atoms with Crippen LogP contribution in [-0.2, 0) is 4.79 Å². The van der Waals surface area contributed by atoms with Crippen molar-refractivity contribution in [1.29, 1.82) is 0 Å². The van der Waals surface area contributed by atoms with Gasteiger partial charge in [0.05, 0.1) is 28.5 Å². The first-order valence-corrected chi connectivity index (χ1v) is 12.1. The highest BCUT2D eigenvalue weighted by Crippen LogP contribution is 2.32. The molecule has 6 aromatic rings. The number of carbonyl (C=O) groups excluding carboxylic acids is 1. The van der Waals surface area contributed by atoms with Crippen molar-refractivity contribution in [3.8, 4) is 33.9 Å². The molecule has 10 heteroatoms. The van der Waals surface area contributed by atoms with Gasteiger partial charge in [-0.15, -0.1) is 0 Å². The van der Waals surface area contributed by atoms with E-state index in [4.69, 9.17) is 4.98 Å². The number of imidazole rings is 1.